The third-order valence-electron chi connectivity index (χ3n) is 3.55. The molecule has 21 heavy (non-hydrogen) atoms. The van der Waals surface area contributed by atoms with Crippen molar-refractivity contribution in [3.8, 4) is 11.3 Å². The second-order valence-electron chi connectivity index (χ2n) is 5.16. The first kappa shape index (κ1) is 15.2. The summed E-state index contributed by atoms with van der Waals surface area (Å²) in [5.41, 5.74) is 8.11. The number of rotatable bonds is 6. The second kappa shape index (κ2) is 6.52. The highest BCUT2D eigenvalue weighted by molar-refractivity contribution is 5.91. The number of nitrogens with zero attached hydrogens (tertiary/aromatic N) is 2. The van der Waals surface area contributed by atoms with Crippen molar-refractivity contribution in [2.24, 2.45) is 0 Å². The van der Waals surface area contributed by atoms with Gasteiger partial charge < -0.3 is 5.73 Å². The number of nitrogens with two attached hydrogens (primary N) is 1. The molecule has 1 aromatic carbocycles. The quantitative estimate of drug-likeness (QED) is 0.653. The Bertz CT molecular complexity index is 649. The van der Waals surface area contributed by atoms with Crippen LogP contribution >= 0.6 is 0 Å². The molecule has 0 saturated carbocycles. The van der Waals surface area contributed by atoms with Crippen molar-refractivity contribution in [3.63, 3.8) is 0 Å². The van der Waals surface area contributed by atoms with E-state index in [2.05, 4.69) is 12.0 Å². The summed E-state index contributed by atoms with van der Waals surface area (Å²) in [6, 6.07) is 4.68. The Labute approximate surface area is 123 Å². The van der Waals surface area contributed by atoms with Crippen LogP contribution in [0.1, 0.15) is 42.1 Å². The molecule has 0 aliphatic rings. The van der Waals surface area contributed by atoms with Crippen molar-refractivity contribution in [1.82, 2.24) is 9.78 Å². The second-order valence-corrected chi connectivity index (χ2v) is 5.16. The van der Waals surface area contributed by atoms with Crippen LogP contribution in [0.2, 0.25) is 0 Å². The zero-order chi connectivity index (χ0) is 15.4. The van der Waals surface area contributed by atoms with Gasteiger partial charge in [-0.1, -0.05) is 19.8 Å². The van der Waals surface area contributed by atoms with Crippen LogP contribution in [0.25, 0.3) is 11.3 Å². The summed E-state index contributed by atoms with van der Waals surface area (Å²) in [6.45, 7) is 4.48. The average molecular weight is 289 g/mol. The summed E-state index contributed by atoms with van der Waals surface area (Å²) in [6.07, 6.45) is 3.86. The monoisotopic (exact) mass is 289 g/mol. The Morgan fingerprint density at radius 3 is 2.76 bits per heavy atom. The number of nitrogen functional groups attached to an aromatic ring is 1. The highest BCUT2D eigenvalue weighted by atomic mass is 19.1. The van der Waals surface area contributed by atoms with Crippen LogP contribution < -0.4 is 5.73 Å². The molecule has 2 rings (SSSR count). The number of aryl methyl sites for hydroxylation is 2. The molecule has 0 spiro atoms. The summed E-state index contributed by atoms with van der Waals surface area (Å²) < 4.78 is 15.0. The van der Waals surface area contributed by atoms with Gasteiger partial charge in [0.1, 0.15) is 17.3 Å². The van der Waals surface area contributed by atoms with Crippen molar-refractivity contribution >= 4 is 12.1 Å². The van der Waals surface area contributed by atoms with Crippen LogP contribution in [-0.4, -0.2) is 16.1 Å². The molecule has 0 aliphatic carbocycles. The molecule has 0 bridgehead atoms. The van der Waals surface area contributed by atoms with Crippen LogP contribution in [0.4, 0.5) is 10.2 Å². The van der Waals surface area contributed by atoms with E-state index in [4.69, 9.17) is 5.73 Å². The van der Waals surface area contributed by atoms with E-state index >= 15 is 0 Å². The molecule has 5 heteroatoms. The number of carbonyl (C=O) groups excluding carboxylic acids is 1. The molecular weight excluding hydrogens is 269 g/mol. The molecule has 0 saturated heterocycles. The van der Waals surface area contributed by atoms with Gasteiger partial charge in [-0.05, 0) is 37.1 Å². The Morgan fingerprint density at radius 1 is 1.38 bits per heavy atom. The first-order valence-electron chi connectivity index (χ1n) is 7.16. The molecule has 112 valence electrons. The molecule has 0 aliphatic heterocycles. The third kappa shape index (κ3) is 3.12. The summed E-state index contributed by atoms with van der Waals surface area (Å²) in [5.74, 6) is 0.0971. The van der Waals surface area contributed by atoms with E-state index in [1.54, 1.807) is 23.7 Å². The number of aldehydes is 1. The summed E-state index contributed by atoms with van der Waals surface area (Å²) in [4.78, 5) is 11.3. The number of aromatic nitrogens is 2. The lowest BCUT2D eigenvalue weighted by Crippen LogP contribution is -2.05. The van der Waals surface area contributed by atoms with Gasteiger partial charge in [0.15, 0.2) is 6.29 Å². The maximum absolute atomic E-state index is 13.4. The van der Waals surface area contributed by atoms with Crippen LogP contribution in [0.15, 0.2) is 18.2 Å². The van der Waals surface area contributed by atoms with Crippen molar-refractivity contribution in [1.29, 1.82) is 0 Å². The predicted octanol–water partition coefficient (Wildman–Crippen LogP) is 3.58. The van der Waals surface area contributed by atoms with E-state index in [-0.39, 0.29) is 5.82 Å². The maximum atomic E-state index is 13.4. The van der Waals surface area contributed by atoms with Crippen LogP contribution in [0, 0.1) is 12.7 Å². The van der Waals surface area contributed by atoms with E-state index in [1.807, 2.05) is 0 Å². The lowest BCUT2D eigenvalue weighted by molar-refractivity contribution is 0.112. The van der Waals surface area contributed by atoms with Gasteiger partial charge in [0.2, 0.25) is 0 Å². The molecule has 2 aromatic rings. The van der Waals surface area contributed by atoms with E-state index < -0.39 is 0 Å². The SMILES string of the molecule is CCCCCn1nc(-c2ccc(F)c(C)c2)c(C=O)c1N. The van der Waals surface area contributed by atoms with Crippen LogP contribution in [-0.2, 0) is 6.54 Å². The number of hydrogen-bond acceptors (Lipinski definition) is 3. The molecule has 0 radical (unpaired) electrons. The fraction of sp³-hybridized carbons (Fsp3) is 0.375. The zero-order valence-corrected chi connectivity index (χ0v) is 12.4. The van der Waals surface area contributed by atoms with Crippen molar-refractivity contribution in [2.45, 2.75) is 39.7 Å². The van der Waals surface area contributed by atoms with Gasteiger partial charge in [0, 0.05) is 12.1 Å². The van der Waals surface area contributed by atoms with Crippen molar-refractivity contribution < 1.29 is 9.18 Å². The smallest absolute Gasteiger partial charge is 0.156 e. The number of benzene rings is 1. The van der Waals surface area contributed by atoms with E-state index in [1.165, 1.54) is 6.07 Å². The third-order valence-corrected chi connectivity index (χ3v) is 3.55. The molecule has 0 unspecified atom stereocenters. The van der Waals surface area contributed by atoms with Gasteiger partial charge >= 0.3 is 0 Å². The van der Waals surface area contributed by atoms with Gasteiger partial charge in [-0.15, -0.1) is 0 Å². The minimum absolute atomic E-state index is 0.276. The van der Waals surface area contributed by atoms with E-state index in [9.17, 15) is 9.18 Å². The summed E-state index contributed by atoms with van der Waals surface area (Å²) in [5, 5.41) is 4.43. The first-order chi connectivity index (χ1) is 10.1. The lowest BCUT2D eigenvalue weighted by atomic mass is 10.1. The van der Waals surface area contributed by atoms with E-state index in [0.29, 0.717) is 41.0 Å². The Balaban J connectivity index is 2.40. The molecule has 1 heterocycles. The number of unbranched alkanes of at least 4 members (excludes halogenated alkanes) is 2. The van der Waals surface area contributed by atoms with Crippen LogP contribution in [0.5, 0.6) is 0 Å². The first-order valence-corrected chi connectivity index (χ1v) is 7.16. The Morgan fingerprint density at radius 2 is 2.14 bits per heavy atom. The van der Waals surface area contributed by atoms with Gasteiger partial charge in [0.05, 0.1) is 5.56 Å². The highest BCUT2D eigenvalue weighted by Gasteiger charge is 2.17. The standard InChI is InChI=1S/C16H20FN3O/c1-3-4-5-8-20-16(18)13(10-21)15(19-20)12-6-7-14(17)11(2)9-12/h6-7,9-10H,3-5,8,18H2,1-2H3. The van der Waals surface area contributed by atoms with Crippen molar-refractivity contribution in [2.75, 3.05) is 5.73 Å². The van der Waals surface area contributed by atoms with Crippen molar-refractivity contribution in [3.05, 3.63) is 35.1 Å². The molecule has 0 amide bonds. The minimum atomic E-state index is -0.276. The number of hydrogen-bond donors (Lipinski definition) is 1. The Kier molecular flexibility index (Phi) is 4.73. The molecular formula is C16H20FN3O. The fourth-order valence-electron chi connectivity index (χ4n) is 2.29. The number of carbonyl (C=O) groups is 1. The van der Waals surface area contributed by atoms with Crippen LogP contribution in [0.3, 0.4) is 0 Å². The highest BCUT2D eigenvalue weighted by Crippen LogP contribution is 2.27. The number of halogens is 1. The molecule has 0 atom stereocenters. The summed E-state index contributed by atoms with van der Waals surface area (Å²) >= 11 is 0. The van der Waals surface area contributed by atoms with Gasteiger partial charge in [0.25, 0.3) is 0 Å². The topological polar surface area (TPSA) is 60.9 Å². The van der Waals surface area contributed by atoms with Gasteiger partial charge in [-0.2, -0.15) is 5.10 Å². The molecule has 2 N–H and O–H groups in total. The van der Waals surface area contributed by atoms with E-state index in [0.717, 1.165) is 19.3 Å². The average Bonchev–Trinajstić information content (AvgIpc) is 2.79. The van der Waals surface area contributed by atoms with Gasteiger partial charge in [-0.25, -0.2) is 9.07 Å². The molecule has 0 fully saturated rings. The minimum Gasteiger partial charge on any atom is -0.383 e. The zero-order valence-electron chi connectivity index (χ0n) is 12.4. The molecule has 1 aromatic heterocycles. The summed E-state index contributed by atoms with van der Waals surface area (Å²) in [7, 11) is 0. The Hall–Kier alpha value is -2.17. The maximum Gasteiger partial charge on any atom is 0.156 e. The lowest BCUT2D eigenvalue weighted by Gasteiger charge is -2.02. The van der Waals surface area contributed by atoms with Gasteiger partial charge in [-0.3, -0.25) is 4.79 Å². The normalized spacial score (nSPS) is 10.8. The largest absolute Gasteiger partial charge is 0.383 e. The number of anilines is 1. The predicted molar refractivity (Wildman–Crippen MR) is 81.7 cm³/mol. The molecule has 4 nitrogen and oxygen atoms in total. The fourth-order valence-corrected chi connectivity index (χ4v) is 2.29.